The van der Waals surface area contributed by atoms with Crippen LogP contribution >= 0.6 is 11.3 Å². The normalized spacial score (nSPS) is 27.0. The third kappa shape index (κ3) is 4.67. The lowest BCUT2D eigenvalue weighted by Gasteiger charge is -2.41. The minimum absolute atomic E-state index is 0.275. The molecular formula is C21H27F3N4O2S. The Morgan fingerprint density at radius 2 is 1.94 bits per heavy atom. The number of hydrogen-bond donors (Lipinski definition) is 1. The highest BCUT2D eigenvalue weighted by Gasteiger charge is 2.41. The molecule has 6 nitrogen and oxygen atoms in total. The third-order valence-electron chi connectivity index (χ3n) is 6.86. The van der Waals surface area contributed by atoms with Crippen LogP contribution in [0.4, 0.5) is 19.0 Å². The van der Waals surface area contributed by atoms with Crippen LogP contribution in [-0.2, 0) is 11.2 Å². The van der Waals surface area contributed by atoms with E-state index in [1.807, 2.05) is 0 Å². The van der Waals surface area contributed by atoms with Crippen molar-refractivity contribution in [2.75, 3.05) is 50.8 Å². The standard InChI is InChI=1S/C21H27F3N4O2S/c22-21(23,24)8-16-7-17-18(25-13-26-19(17)31-16)28-10-14-1-4-27(9-15(14)11-28)12-20(29)2-5-30-6-3-20/h7,13-15,29H,1-6,8-12H2/t14-,15+/m1/s1. The van der Waals surface area contributed by atoms with Crippen LogP contribution < -0.4 is 4.90 Å². The molecule has 5 heterocycles. The second-order valence-corrected chi connectivity index (χ2v) is 10.3. The van der Waals surface area contributed by atoms with Gasteiger partial charge in [-0.1, -0.05) is 0 Å². The first kappa shape index (κ1) is 21.4. The fourth-order valence-corrected chi connectivity index (χ4v) is 6.34. The fraction of sp³-hybridized carbons (Fsp3) is 0.714. The minimum Gasteiger partial charge on any atom is -0.388 e. The number of thiophene rings is 1. The Balaban J connectivity index is 1.29. The van der Waals surface area contributed by atoms with Crippen molar-refractivity contribution in [3.05, 3.63) is 17.3 Å². The van der Waals surface area contributed by atoms with E-state index >= 15 is 0 Å². The Hall–Kier alpha value is -1.49. The maximum Gasteiger partial charge on any atom is 0.393 e. The molecule has 3 saturated heterocycles. The number of rotatable bonds is 4. The first-order valence-electron chi connectivity index (χ1n) is 10.9. The molecule has 0 bridgehead atoms. The number of aliphatic hydroxyl groups is 1. The van der Waals surface area contributed by atoms with E-state index in [0.717, 1.165) is 55.1 Å². The largest absolute Gasteiger partial charge is 0.393 e. The number of aromatic nitrogens is 2. The van der Waals surface area contributed by atoms with Crippen molar-refractivity contribution < 1.29 is 23.0 Å². The van der Waals surface area contributed by atoms with Gasteiger partial charge in [-0.15, -0.1) is 11.3 Å². The molecule has 3 fully saturated rings. The third-order valence-corrected chi connectivity index (χ3v) is 7.90. The second kappa shape index (κ2) is 8.13. The average molecular weight is 457 g/mol. The maximum atomic E-state index is 12.8. The van der Waals surface area contributed by atoms with Gasteiger partial charge in [0.2, 0.25) is 0 Å². The number of β-amino-alcohol motifs (C(OH)–C–C–N with tert-alkyl or cyclic N) is 1. The van der Waals surface area contributed by atoms with Crippen LogP contribution in [0.2, 0.25) is 0 Å². The van der Waals surface area contributed by atoms with Crippen molar-refractivity contribution >= 4 is 27.4 Å². The second-order valence-electron chi connectivity index (χ2n) is 9.21. The summed E-state index contributed by atoms with van der Waals surface area (Å²) in [5, 5.41) is 11.6. The van der Waals surface area contributed by atoms with Crippen molar-refractivity contribution in [2.24, 2.45) is 11.8 Å². The molecule has 0 aromatic carbocycles. The predicted molar refractivity (Wildman–Crippen MR) is 112 cm³/mol. The van der Waals surface area contributed by atoms with Gasteiger partial charge in [0.1, 0.15) is 17.0 Å². The summed E-state index contributed by atoms with van der Waals surface area (Å²) in [5.41, 5.74) is -0.659. The summed E-state index contributed by atoms with van der Waals surface area (Å²) < 4.78 is 43.9. The van der Waals surface area contributed by atoms with Crippen LogP contribution in [0.15, 0.2) is 12.4 Å². The molecule has 3 aliphatic rings. The van der Waals surface area contributed by atoms with Crippen molar-refractivity contribution in [1.29, 1.82) is 0 Å². The topological polar surface area (TPSA) is 61.7 Å². The summed E-state index contributed by atoms with van der Waals surface area (Å²) in [6.07, 6.45) is -1.27. The molecule has 2 atom stereocenters. The zero-order chi connectivity index (χ0) is 21.6. The number of likely N-dealkylation sites (tertiary alicyclic amines) is 1. The number of ether oxygens (including phenoxy) is 1. The smallest absolute Gasteiger partial charge is 0.388 e. The molecule has 2 aromatic rings. The lowest BCUT2D eigenvalue weighted by atomic mass is 9.86. The van der Waals surface area contributed by atoms with E-state index in [1.54, 1.807) is 6.07 Å². The van der Waals surface area contributed by atoms with Crippen LogP contribution in [0.25, 0.3) is 10.2 Å². The highest BCUT2D eigenvalue weighted by molar-refractivity contribution is 7.18. The van der Waals surface area contributed by atoms with Gasteiger partial charge in [-0.2, -0.15) is 13.2 Å². The summed E-state index contributed by atoms with van der Waals surface area (Å²) in [6, 6.07) is 1.61. The number of fused-ring (bicyclic) bond motifs is 2. The summed E-state index contributed by atoms with van der Waals surface area (Å²) in [7, 11) is 0. The molecular weight excluding hydrogens is 429 g/mol. The fourth-order valence-electron chi connectivity index (χ4n) is 5.32. The molecule has 0 aliphatic carbocycles. The predicted octanol–water partition coefficient (Wildman–Crippen LogP) is 3.10. The van der Waals surface area contributed by atoms with Gasteiger partial charge in [0.05, 0.1) is 17.4 Å². The number of hydrogen-bond acceptors (Lipinski definition) is 7. The van der Waals surface area contributed by atoms with E-state index in [1.165, 1.54) is 6.33 Å². The SMILES string of the molecule is OC1(CN2CC[C@@H]3CN(c4ncnc5sc(CC(F)(F)F)cc45)C[C@@H]3C2)CCOCC1. The maximum absolute atomic E-state index is 12.8. The Kier molecular flexibility index (Phi) is 5.60. The number of piperidine rings is 1. The molecule has 0 amide bonds. The van der Waals surface area contributed by atoms with Gasteiger partial charge in [-0.05, 0) is 30.9 Å². The van der Waals surface area contributed by atoms with E-state index in [2.05, 4.69) is 19.8 Å². The number of alkyl halides is 3. The molecule has 10 heteroatoms. The summed E-state index contributed by atoms with van der Waals surface area (Å²) in [4.78, 5) is 14.1. The molecule has 5 rings (SSSR count). The van der Waals surface area contributed by atoms with E-state index in [-0.39, 0.29) is 4.88 Å². The highest BCUT2D eigenvalue weighted by atomic mass is 32.1. The highest BCUT2D eigenvalue weighted by Crippen LogP contribution is 2.39. The monoisotopic (exact) mass is 456 g/mol. The molecule has 0 spiro atoms. The first-order valence-corrected chi connectivity index (χ1v) is 11.7. The quantitative estimate of drug-likeness (QED) is 0.763. The van der Waals surface area contributed by atoms with Crippen molar-refractivity contribution in [3.8, 4) is 0 Å². The zero-order valence-electron chi connectivity index (χ0n) is 17.3. The van der Waals surface area contributed by atoms with Gasteiger partial charge in [-0.25, -0.2) is 9.97 Å². The van der Waals surface area contributed by atoms with Gasteiger partial charge < -0.3 is 19.6 Å². The number of nitrogens with zero attached hydrogens (tertiary/aromatic N) is 4. The number of anilines is 1. The van der Waals surface area contributed by atoms with Crippen LogP contribution in [-0.4, -0.2) is 77.7 Å². The van der Waals surface area contributed by atoms with Gasteiger partial charge >= 0.3 is 6.18 Å². The van der Waals surface area contributed by atoms with E-state index < -0.39 is 18.2 Å². The lowest BCUT2D eigenvalue weighted by Crippen LogP contribution is -2.50. The molecule has 0 unspecified atom stereocenters. The van der Waals surface area contributed by atoms with Crippen LogP contribution in [0, 0.1) is 11.8 Å². The first-order chi connectivity index (χ1) is 14.8. The van der Waals surface area contributed by atoms with Crippen LogP contribution in [0.3, 0.4) is 0 Å². The van der Waals surface area contributed by atoms with Crippen molar-refractivity contribution in [2.45, 2.75) is 37.5 Å². The molecule has 3 aliphatic heterocycles. The lowest BCUT2D eigenvalue weighted by molar-refractivity contribution is -0.126. The minimum atomic E-state index is -4.23. The van der Waals surface area contributed by atoms with Gasteiger partial charge in [-0.3, -0.25) is 0 Å². The molecule has 0 radical (unpaired) electrons. The molecule has 170 valence electrons. The van der Waals surface area contributed by atoms with Gasteiger partial charge in [0.15, 0.2) is 0 Å². The summed E-state index contributed by atoms with van der Waals surface area (Å²) in [5.74, 6) is 1.76. The summed E-state index contributed by atoms with van der Waals surface area (Å²) >= 11 is 1.10. The van der Waals surface area contributed by atoms with Crippen molar-refractivity contribution in [3.63, 3.8) is 0 Å². The Morgan fingerprint density at radius 1 is 1.16 bits per heavy atom. The van der Waals surface area contributed by atoms with Crippen molar-refractivity contribution in [1.82, 2.24) is 14.9 Å². The van der Waals surface area contributed by atoms with Crippen LogP contribution in [0.1, 0.15) is 24.1 Å². The zero-order valence-corrected chi connectivity index (χ0v) is 18.1. The van der Waals surface area contributed by atoms with E-state index in [4.69, 9.17) is 4.74 Å². The van der Waals surface area contributed by atoms with E-state index in [0.29, 0.717) is 49.3 Å². The summed E-state index contributed by atoms with van der Waals surface area (Å²) in [6.45, 7) is 5.51. The Bertz CT molecular complexity index is 931. The molecule has 0 saturated carbocycles. The van der Waals surface area contributed by atoms with Gasteiger partial charge in [0.25, 0.3) is 0 Å². The van der Waals surface area contributed by atoms with E-state index in [9.17, 15) is 18.3 Å². The molecule has 31 heavy (non-hydrogen) atoms. The van der Waals surface area contributed by atoms with Gasteiger partial charge in [0, 0.05) is 57.1 Å². The molecule has 1 N–H and O–H groups in total. The average Bonchev–Trinajstić information content (AvgIpc) is 3.29. The Labute approximate surface area is 183 Å². The van der Waals surface area contributed by atoms with Crippen LogP contribution in [0.5, 0.6) is 0 Å². The molecule has 2 aromatic heterocycles. The number of halogens is 3. The Morgan fingerprint density at radius 3 is 2.71 bits per heavy atom.